The Balaban J connectivity index is 1.58. The molecular formula is C34H47N3O6S. The molecule has 1 amide bonds. The largest absolute Gasteiger partial charge is 0.493 e. The number of aliphatic hydroxyl groups excluding tert-OH is 1. The molecule has 0 bridgehead atoms. The number of benzene rings is 3. The van der Waals surface area contributed by atoms with Crippen molar-refractivity contribution in [3.63, 3.8) is 0 Å². The summed E-state index contributed by atoms with van der Waals surface area (Å²) in [5.41, 5.74) is 2.87. The molecule has 0 aliphatic carbocycles. The molecule has 9 nitrogen and oxygen atoms in total. The van der Waals surface area contributed by atoms with Crippen molar-refractivity contribution >= 4 is 21.6 Å². The lowest BCUT2D eigenvalue weighted by atomic mass is 10.1. The molecule has 0 aliphatic rings. The Morgan fingerprint density at radius 1 is 0.932 bits per heavy atom. The molecule has 3 aromatic carbocycles. The van der Waals surface area contributed by atoms with E-state index < -0.39 is 16.1 Å². The number of ether oxygens (including phenoxy) is 2. The van der Waals surface area contributed by atoms with Gasteiger partial charge in [0.1, 0.15) is 0 Å². The molecule has 0 radical (unpaired) electrons. The predicted molar refractivity (Wildman–Crippen MR) is 175 cm³/mol. The van der Waals surface area contributed by atoms with Crippen LogP contribution in [0.15, 0.2) is 77.7 Å². The summed E-state index contributed by atoms with van der Waals surface area (Å²) in [6.07, 6.45) is 1.79. The molecular weight excluding hydrogens is 578 g/mol. The first kappa shape index (κ1) is 34.9. The van der Waals surface area contributed by atoms with Gasteiger partial charge in [0.25, 0.3) is 0 Å². The zero-order chi connectivity index (χ0) is 32.1. The molecule has 240 valence electrons. The van der Waals surface area contributed by atoms with E-state index in [-0.39, 0.29) is 29.9 Å². The van der Waals surface area contributed by atoms with Gasteiger partial charge in [-0.1, -0.05) is 62.2 Å². The van der Waals surface area contributed by atoms with Crippen molar-refractivity contribution in [1.29, 1.82) is 0 Å². The summed E-state index contributed by atoms with van der Waals surface area (Å²) in [6.45, 7) is 6.99. The van der Waals surface area contributed by atoms with Crippen LogP contribution in [0, 0.1) is 12.8 Å². The van der Waals surface area contributed by atoms with Crippen molar-refractivity contribution in [2.75, 3.05) is 45.4 Å². The molecule has 44 heavy (non-hydrogen) atoms. The monoisotopic (exact) mass is 625 g/mol. The van der Waals surface area contributed by atoms with Crippen LogP contribution in [-0.2, 0) is 21.4 Å². The molecule has 0 saturated heterocycles. The summed E-state index contributed by atoms with van der Waals surface area (Å²) in [5, 5.41) is 13.2. The van der Waals surface area contributed by atoms with E-state index in [9.17, 15) is 18.3 Å². The van der Waals surface area contributed by atoms with Crippen LogP contribution < -0.4 is 19.7 Å². The maximum Gasteiger partial charge on any atom is 0.243 e. The molecule has 2 N–H and O–H groups in total. The fourth-order valence-electron chi connectivity index (χ4n) is 5.01. The Morgan fingerprint density at radius 2 is 1.61 bits per heavy atom. The minimum absolute atomic E-state index is 0.0927. The van der Waals surface area contributed by atoms with E-state index in [2.05, 4.69) is 5.32 Å². The van der Waals surface area contributed by atoms with Gasteiger partial charge in [0, 0.05) is 31.4 Å². The summed E-state index contributed by atoms with van der Waals surface area (Å²) in [4.78, 5) is 15.2. The van der Waals surface area contributed by atoms with Gasteiger partial charge in [-0.05, 0) is 67.6 Å². The number of aryl methyl sites for hydroxylation is 1. The van der Waals surface area contributed by atoms with E-state index >= 15 is 0 Å². The van der Waals surface area contributed by atoms with Crippen molar-refractivity contribution in [1.82, 2.24) is 9.62 Å². The number of anilines is 1. The van der Waals surface area contributed by atoms with Crippen molar-refractivity contribution in [2.24, 2.45) is 5.92 Å². The van der Waals surface area contributed by atoms with Crippen molar-refractivity contribution in [3.05, 3.63) is 83.9 Å². The van der Waals surface area contributed by atoms with Crippen LogP contribution in [0.3, 0.4) is 0 Å². The van der Waals surface area contributed by atoms with Gasteiger partial charge in [0.15, 0.2) is 11.5 Å². The fraction of sp³-hybridized carbons (Fsp3) is 0.441. The van der Waals surface area contributed by atoms with Gasteiger partial charge in [-0.15, -0.1) is 0 Å². The quantitative estimate of drug-likeness (QED) is 0.191. The average molecular weight is 626 g/mol. The molecule has 0 fully saturated rings. The number of amides is 1. The number of carbonyl (C=O) groups excluding carboxylic acids is 1. The third-order valence-electron chi connectivity index (χ3n) is 7.35. The highest BCUT2D eigenvalue weighted by Crippen LogP contribution is 2.29. The number of carbonyl (C=O) groups is 1. The number of methoxy groups -OCH3 is 2. The maximum atomic E-state index is 13.5. The second-order valence-electron chi connectivity index (χ2n) is 11.3. The predicted octanol–water partition coefficient (Wildman–Crippen LogP) is 5.01. The first-order chi connectivity index (χ1) is 21.1. The lowest BCUT2D eigenvalue weighted by Gasteiger charge is -2.31. The van der Waals surface area contributed by atoms with Gasteiger partial charge < -0.3 is 24.8 Å². The first-order valence-electron chi connectivity index (χ1n) is 15.1. The zero-order valence-electron chi connectivity index (χ0n) is 26.5. The standard InChI is InChI=1S/C34H47N3O6S/c1-26(2)22-37(44(40,41)31-17-14-27(3)15-18-31)30(25-38)13-9-10-20-35-34(39)24-36(29-11-7-6-8-12-29)23-28-16-19-32(42-4)33(21-28)43-5/h6-8,11-12,14-19,21,26,30,38H,9-10,13,20,22-25H2,1-5H3,(H,35,39)/t30-/m0/s1. The van der Waals surface area contributed by atoms with E-state index in [0.29, 0.717) is 50.4 Å². The van der Waals surface area contributed by atoms with Gasteiger partial charge in [0.2, 0.25) is 15.9 Å². The number of hydrogen-bond acceptors (Lipinski definition) is 7. The van der Waals surface area contributed by atoms with Gasteiger partial charge in [0.05, 0.1) is 32.3 Å². The summed E-state index contributed by atoms with van der Waals surface area (Å²) in [7, 11) is -0.582. The molecule has 0 spiro atoms. The number of nitrogens with one attached hydrogen (secondary N) is 1. The Labute approximate surface area is 262 Å². The summed E-state index contributed by atoms with van der Waals surface area (Å²) in [5.74, 6) is 1.25. The first-order valence-corrected chi connectivity index (χ1v) is 16.5. The number of hydrogen-bond donors (Lipinski definition) is 2. The number of nitrogens with zero attached hydrogens (tertiary/aromatic N) is 2. The Morgan fingerprint density at radius 3 is 2.23 bits per heavy atom. The van der Waals surface area contributed by atoms with E-state index in [4.69, 9.17) is 9.47 Å². The van der Waals surface area contributed by atoms with Crippen molar-refractivity contribution in [2.45, 2.75) is 57.5 Å². The molecule has 0 saturated carbocycles. The summed E-state index contributed by atoms with van der Waals surface area (Å²) in [6, 6.07) is 21.7. The van der Waals surface area contributed by atoms with Gasteiger partial charge in [-0.3, -0.25) is 4.79 Å². The third kappa shape index (κ3) is 9.97. The van der Waals surface area contributed by atoms with Crippen LogP contribution in [-0.4, -0.2) is 70.2 Å². The Hall–Kier alpha value is -3.60. The third-order valence-corrected chi connectivity index (χ3v) is 9.29. The smallest absolute Gasteiger partial charge is 0.243 e. The molecule has 0 aliphatic heterocycles. The summed E-state index contributed by atoms with van der Waals surface area (Å²) >= 11 is 0. The average Bonchev–Trinajstić information content (AvgIpc) is 3.02. The van der Waals surface area contributed by atoms with Crippen LogP contribution in [0.25, 0.3) is 0 Å². The highest BCUT2D eigenvalue weighted by atomic mass is 32.2. The normalized spacial score (nSPS) is 12.3. The molecule has 0 heterocycles. The van der Waals surface area contributed by atoms with Crippen LogP contribution in [0.4, 0.5) is 5.69 Å². The Bertz CT molecular complexity index is 1410. The molecule has 10 heteroatoms. The molecule has 3 aromatic rings. The second-order valence-corrected chi connectivity index (χ2v) is 13.2. The number of sulfonamides is 1. The Kier molecular flexibility index (Phi) is 13.5. The lowest BCUT2D eigenvalue weighted by molar-refractivity contribution is -0.119. The number of aliphatic hydroxyl groups is 1. The zero-order valence-corrected chi connectivity index (χ0v) is 27.3. The highest BCUT2D eigenvalue weighted by molar-refractivity contribution is 7.89. The SMILES string of the molecule is COc1ccc(CN(CC(=O)NCCCC[C@@H](CO)N(CC(C)C)S(=O)(=O)c2ccc(C)cc2)c2ccccc2)cc1OC. The van der Waals surface area contributed by atoms with Gasteiger partial charge >= 0.3 is 0 Å². The minimum Gasteiger partial charge on any atom is -0.493 e. The number of unbranched alkanes of at least 4 members (excludes halogenated alkanes) is 1. The van der Waals surface area contributed by atoms with Crippen molar-refractivity contribution in [3.8, 4) is 11.5 Å². The van der Waals surface area contributed by atoms with E-state index in [1.165, 1.54) is 4.31 Å². The van der Waals surface area contributed by atoms with E-state index in [0.717, 1.165) is 16.8 Å². The van der Waals surface area contributed by atoms with Gasteiger partial charge in [-0.2, -0.15) is 4.31 Å². The minimum atomic E-state index is -3.77. The van der Waals surface area contributed by atoms with Crippen LogP contribution in [0.1, 0.15) is 44.2 Å². The van der Waals surface area contributed by atoms with Crippen LogP contribution >= 0.6 is 0 Å². The highest BCUT2D eigenvalue weighted by Gasteiger charge is 2.31. The topological polar surface area (TPSA) is 108 Å². The molecule has 3 rings (SSSR count). The van der Waals surface area contributed by atoms with E-state index in [1.807, 2.05) is 74.2 Å². The van der Waals surface area contributed by atoms with Gasteiger partial charge in [-0.25, -0.2) is 8.42 Å². The number of rotatable bonds is 18. The molecule has 1 atom stereocenters. The maximum absolute atomic E-state index is 13.5. The summed E-state index contributed by atoms with van der Waals surface area (Å²) < 4.78 is 39.3. The fourth-order valence-corrected chi connectivity index (χ4v) is 6.82. The second kappa shape index (κ2) is 17.0. The molecule has 0 unspecified atom stereocenters. The van der Waals surface area contributed by atoms with Crippen LogP contribution in [0.5, 0.6) is 11.5 Å². The van der Waals surface area contributed by atoms with Crippen molar-refractivity contribution < 1.29 is 27.8 Å². The molecule has 0 aromatic heterocycles. The van der Waals surface area contributed by atoms with E-state index in [1.54, 1.807) is 38.5 Å². The van der Waals surface area contributed by atoms with Crippen LogP contribution in [0.2, 0.25) is 0 Å². The number of para-hydroxylation sites is 1. The lowest BCUT2D eigenvalue weighted by Crippen LogP contribution is -2.44.